The van der Waals surface area contributed by atoms with E-state index < -0.39 is 0 Å². The Morgan fingerprint density at radius 3 is 2.37 bits per heavy atom. The molecule has 0 bridgehead atoms. The quantitative estimate of drug-likeness (QED) is 0.239. The van der Waals surface area contributed by atoms with E-state index in [-0.39, 0.29) is 11.5 Å². The van der Waals surface area contributed by atoms with Crippen molar-refractivity contribution >= 4 is 40.5 Å². The van der Waals surface area contributed by atoms with Gasteiger partial charge in [-0.15, -0.1) is 5.11 Å². The topological polar surface area (TPSA) is 78.5 Å². The fraction of sp³-hybridized carbons (Fsp3) is 0.174. The molecule has 150 valence electrons. The molecule has 1 aromatic heterocycles. The number of aromatic nitrogens is 1. The number of pyridine rings is 1. The first kappa shape index (κ1) is 21.7. The van der Waals surface area contributed by atoms with Crippen molar-refractivity contribution in [2.75, 3.05) is 5.75 Å². The molecular formula is C23H19ClN4OS. The third-order valence-electron chi connectivity index (χ3n) is 4.47. The number of carbonyl (C=O) groups excluding carboxylic acids is 1. The van der Waals surface area contributed by atoms with Crippen LogP contribution in [0.5, 0.6) is 0 Å². The molecule has 0 fully saturated rings. The Morgan fingerprint density at radius 2 is 1.73 bits per heavy atom. The average molecular weight is 435 g/mol. The average Bonchev–Trinajstić information content (AvgIpc) is 2.73. The number of Topliss-reactive ketones (excluding diaryl/α,β-unsaturated/α-hetero) is 1. The zero-order valence-corrected chi connectivity index (χ0v) is 18.4. The van der Waals surface area contributed by atoms with Crippen LogP contribution in [0.1, 0.15) is 32.7 Å². The Bertz CT molecular complexity index is 1150. The van der Waals surface area contributed by atoms with Gasteiger partial charge in [-0.25, -0.2) is 4.98 Å². The minimum absolute atomic E-state index is 0.0548. The number of ketones is 1. The van der Waals surface area contributed by atoms with E-state index in [0.29, 0.717) is 38.1 Å². The second kappa shape index (κ2) is 9.66. The molecule has 0 radical (unpaired) electrons. The summed E-state index contributed by atoms with van der Waals surface area (Å²) in [5, 5.41) is 19.4. The number of azo groups is 1. The number of nitrogens with zero attached hydrogens (tertiary/aromatic N) is 4. The Kier molecular flexibility index (Phi) is 6.99. The summed E-state index contributed by atoms with van der Waals surface area (Å²) >= 11 is 7.11. The molecule has 0 aliphatic rings. The molecule has 0 atom stereocenters. The summed E-state index contributed by atoms with van der Waals surface area (Å²) in [7, 11) is 0. The zero-order chi connectivity index (χ0) is 21.7. The predicted octanol–water partition coefficient (Wildman–Crippen LogP) is 6.92. The molecule has 3 rings (SSSR count). The predicted molar refractivity (Wildman–Crippen MR) is 120 cm³/mol. The van der Waals surface area contributed by atoms with Gasteiger partial charge in [-0.05, 0) is 62.7 Å². The fourth-order valence-electron chi connectivity index (χ4n) is 2.77. The number of carbonyl (C=O) groups is 1. The Hall–Kier alpha value is -3.01. The lowest BCUT2D eigenvalue weighted by molar-refractivity contribution is 0.102. The first-order valence-corrected chi connectivity index (χ1v) is 10.6. The van der Waals surface area contributed by atoms with Crippen LogP contribution < -0.4 is 0 Å². The normalized spacial score (nSPS) is 10.9. The maximum Gasteiger partial charge on any atom is 0.173 e. The molecule has 0 saturated carbocycles. The second-order valence-electron chi connectivity index (χ2n) is 6.72. The zero-order valence-electron chi connectivity index (χ0n) is 16.8. The third-order valence-corrected chi connectivity index (χ3v) is 5.70. The van der Waals surface area contributed by atoms with E-state index in [1.807, 2.05) is 45.0 Å². The highest BCUT2D eigenvalue weighted by atomic mass is 35.5. The van der Waals surface area contributed by atoms with Gasteiger partial charge in [0.25, 0.3) is 0 Å². The van der Waals surface area contributed by atoms with Crippen LogP contribution in [-0.2, 0) is 0 Å². The van der Waals surface area contributed by atoms with Crippen LogP contribution in [0.25, 0.3) is 0 Å². The van der Waals surface area contributed by atoms with Crippen molar-refractivity contribution < 1.29 is 4.79 Å². The minimum Gasteiger partial charge on any atom is -0.293 e. The monoisotopic (exact) mass is 434 g/mol. The molecule has 0 N–H and O–H groups in total. The van der Waals surface area contributed by atoms with Gasteiger partial charge < -0.3 is 0 Å². The highest BCUT2D eigenvalue weighted by molar-refractivity contribution is 8.00. The van der Waals surface area contributed by atoms with Crippen LogP contribution >= 0.6 is 23.4 Å². The molecule has 0 amide bonds. The summed E-state index contributed by atoms with van der Waals surface area (Å²) in [5.74, 6) is 0.118. The van der Waals surface area contributed by atoms with E-state index in [1.54, 1.807) is 24.3 Å². The lowest BCUT2D eigenvalue weighted by Crippen LogP contribution is -2.04. The first-order valence-electron chi connectivity index (χ1n) is 9.20. The van der Waals surface area contributed by atoms with Gasteiger partial charge in [0.2, 0.25) is 0 Å². The summed E-state index contributed by atoms with van der Waals surface area (Å²) < 4.78 is 0. The van der Waals surface area contributed by atoms with Gasteiger partial charge in [0, 0.05) is 10.6 Å². The van der Waals surface area contributed by atoms with Crippen molar-refractivity contribution in [3.05, 3.63) is 81.5 Å². The molecule has 2 aromatic carbocycles. The molecular weight excluding hydrogens is 416 g/mol. The van der Waals surface area contributed by atoms with Crippen LogP contribution in [0.3, 0.4) is 0 Å². The summed E-state index contributed by atoms with van der Waals surface area (Å²) in [4.78, 5) is 17.0. The Labute approximate surface area is 184 Å². The lowest BCUT2D eigenvalue weighted by Gasteiger charge is -2.10. The first-order chi connectivity index (χ1) is 14.4. The number of nitriles is 1. The fourth-order valence-corrected chi connectivity index (χ4v) is 3.87. The summed E-state index contributed by atoms with van der Waals surface area (Å²) in [5.41, 5.74) is 4.77. The number of halogens is 1. The van der Waals surface area contributed by atoms with E-state index in [4.69, 9.17) is 11.6 Å². The summed E-state index contributed by atoms with van der Waals surface area (Å²) in [6.07, 6.45) is 0. The van der Waals surface area contributed by atoms with Crippen molar-refractivity contribution in [2.45, 2.75) is 25.8 Å². The number of benzene rings is 2. The van der Waals surface area contributed by atoms with Gasteiger partial charge in [0.1, 0.15) is 16.8 Å². The van der Waals surface area contributed by atoms with E-state index in [0.717, 1.165) is 11.3 Å². The van der Waals surface area contributed by atoms with Crippen LogP contribution in [0.2, 0.25) is 5.02 Å². The Morgan fingerprint density at radius 1 is 1.07 bits per heavy atom. The SMILES string of the molecule is Cc1ccc(N=Nc2c(C)nc(SCC(=O)c3ccc(Cl)cc3)c(C#N)c2C)cc1. The Balaban J connectivity index is 1.83. The van der Waals surface area contributed by atoms with Crippen LogP contribution in [-0.4, -0.2) is 16.5 Å². The third kappa shape index (κ3) is 5.12. The van der Waals surface area contributed by atoms with Crippen molar-refractivity contribution in [1.29, 1.82) is 5.26 Å². The molecule has 0 aliphatic carbocycles. The second-order valence-corrected chi connectivity index (χ2v) is 8.12. The van der Waals surface area contributed by atoms with Gasteiger partial charge >= 0.3 is 0 Å². The number of thioether (sulfide) groups is 1. The van der Waals surface area contributed by atoms with Gasteiger partial charge in [0.15, 0.2) is 5.78 Å². The molecule has 1 heterocycles. The highest BCUT2D eigenvalue weighted by Gasteiger charge is 2.17. The number of hydrogen-bond acceptors (Lipinski definition) is 6. The number of hydrogen-bond donors (Lipinski definition) is 0. The van der Waals surface area contributed by atoms with E-state index in [1.165, 1.54) is 11.8 Å². The molecule has 0 saturated heterocycles. The van der Waals surface area contributed by atoms with Crippen LogP contribution in [0, 0.1) is 32.1 Å². The highest BCUT2D eigenvalue weighted by Crippen LogP contribution is 2.33. The lowest BCUT2D eigenvalue weighted by atomic mass is 10.1. The molecule has 5 nitrogen and oxygen atoms in total. The van der Waals surface area contributed by atoms with Crippen molar-refractivity contribution in [3.63, 3.8) is 0 Å². The van der Waals surface area contributed by atoms with E-state index in [2.05, 4.69) is 21.3 Å². The van der Waals surface area contributed by atoms with Gasteiger partial charge in [-0.3, -0.25) is 4.79 Å². The summed E-state index contributed by atoms with van der Waals surface area (Å²) in [6, 6.07) is 16.6. The molecule has 0 aliphatic heterocycles. The number of rotatable bonds is 6. The maximum absolute atomic E-state index is 12.4. The molecule has 3 aromatic rings. The number of aryl methyl sites for hydroxylation is 2. The van der Waals surface area contributed by atoms with Crippen molar-refractivity contribution in [1.82, 2.24) is 4.98 Å². The standard InChI is InChI=1S/C23H19ClN4OS/c1-14-4-10-19(11-5-14)27-28-22-15(2)20(12-25)23(26-16(22)3)30-13-21(29)17-6-8-18(24)9-7-17/h4-11H,13H2,1-3H3. The van der Waals surface area contributed by atoms with Crippen LogP contribution in [0.4, 0.5) is 11.4 Å². The van der Waals surface area contributed by atoms with Gasteiger partial charge in [-0.2, -0.15) is 10.4 Å². The smallest absolute Gasteiger partial charge is 0.173 e. The minimum atomic E-state index is -0.0548. The summed E-state index contributed by atoms with van der Waals surface area (Å²) in [6.45, 7) is 5.65. The largest absolute Gasteiger partial charge is 0.293 e. The van der Waals surface area contributed by atoms with E-state index in [9.17, 15) is 10.1 Å². The van der Waals surface area contributed by atoms with E-state index >= 15 is 0 Å². The van der Waals surface area contributed by atoms with Gasteiger partial charge in [0.05, 0.1) is 22.7 Å². The molecule has 30 heavy (non-hydrogen) atoms. The molecule has 7 heteroatoms. The van der Waals surface area contributed by atoms with Crippen molar-refractivity contribution in [3.8, 4) is 6.07 Å². The maximum atomic E-state index is 12.4. The van der Waals surface area contributed by atoms with Crippen LogP contribution in [0.15, 0.2) is 63.8 Å². The molecule has 0 spiro atoms. The van der Waals surface area contributed by atoms with Gasteiger partial charge in [-0.1, -0.05) is 41.1 Å². The molecule has 0 unspecified atom stereocenters. The van der Waals surface area contributed by atoms with Crippen molar-refractivity contribution in [2.24, 2.45) is 10.2 Å².